The number of carboxylic acids is 1. The van der Waals surface area contributed by atoms with Crippen molar-refractivity contribution in [2.75, 3.05) is 0 Å². The number of carboxylic acid groups (broad SMARTS) is 1. The van der Waals surface area contributed by atoms with Crippen molar-refractivity contribution in [3.8, 4) is 0 Å². The molecule has 0 saturated carbocycles. The summed E-state index contributed by atoms with van der Waals surface area (Å²) in [6, 6.07) is 6.43. The van der Waals surface area contributed by atoms with Crippen molar-refractivity contribution in [3.63, 3.8) is 0 Å². The lowest BCUT2D eigenvalue weighted by Crippen LogP contribution is -2.23. The normalized spacial score (nSPS) is 10.2. The Balaban J connectivity index is 1.81. The van der Waals surface area contributed by atoms with Gasteiger partial charge in [0.25, 0.3) is 0 Å². The van der Waals surface area contributed by atoms with Crippen LogP contribution in [0.15, 0.2) is 41.1 Å². The Labute approximate surface area is 115 Å². The summed E-state index contributed by atoms with van der Waals surface area (Å²) in [6.07, 6.45) is 3.82. The molecule has 20 heavy (non-hydrogen) atoms. The second-order valence-electron chi connectivity index (χ2n) is 4.20. The highest BCUT2D eigenvalue weighted by Crippen LogP contribution is 2.04. The molecule has 2 aromatic heterocycles. The van der Waals surface area contributed by atoms with Crippen LogP contribution in [-0.4, -0.2) is 22.0 Å². The third kappa shape index (κ3) is 3.94. The summed E-state index contributed by atoms with van der Waals surface area (Å²) in [5.74, 6) is -0.395. The van der Waals surface area contributed by atoms with Gasteiger partial charge in [-0.2, -0.15) is 0 Å². The molecule has 2 N–H and O–H groups in total. The number of aryl methyl sites for hydroxylation is 1. The van der Waals surface area contributed by atoms with Gasteiger partial charge in [0.05, 0.1) is 24.1 Å². The first-order chi connectivity index (χ1) is 9.65. The minimum absolute atomic E-state index is 0.135. The van der Waals surface area contributed by atoms with E-state index in [4.69, 9.17) is 9.52 Å². The predicted molar refractivity (Wildman–Crippen MR) is 70.1 cm³/mol. The molecule has 6 nitrogen and oxygen atoms in total. The molecule has 0 aliphatic rings. The van der Waals surface area contributed by atoms with Gasteiger partial charge >= 0.3 is 5.97 Å². The predicted octanol–water partition coefficient (Wildman–Crippen LogP) is 1.62. The Kier molecular flexibility index (Phi) is 4.49. The second kappa shape index (κ2) is 6.51. The van der Waals surface area contributed by atoms with E-state index in [2.05, 4.69) is 10.3 Å². The van der Waals surface area contributed by atoms with Gasteiger partial charge in [0.1, 0.15) is 5.76 Å². The van der Waals surface area contributed by atoms with Crippen LogP contribution in [0.4, 0.5) is 0 Å². The summed E-state index contributed by atoms with van der Waals surface area (Å²) in [5.41, 5.74) is 0.663. The van der Waals surface area contributed by atoms with Gasteiger partial charge in [-0.05, 0) is 24.3 Å². The summed E-state index contributed by atoms with van der Waals surface area (Å²) in [6.45, 7) is 0.206. The second-order valence-corrected chi connectivity index (χ2v) is 4.20. The van der Waals surface area contributed by atoms with Crippen molar-refractivity contribution >= 4 is 11.9 Å². The number of nitrogens with zero attached hydrogens (tertiary/aromatic N) is 1. The van der Waals surface area contributed by atoms with Gasteiger partial charge in [-0.15, -0.1) is 0 Å². The topological polar surface area (TPSA) is 92.4 Å². The number of hydrogen-bond donors (Lipinski definition) is 2. The van der Waals surface area contributed by atoms with Crippen LogP contribution in [0.5, 0.6) is 0 Å². The maximum Gasteiger partial charge on any atom is 0.335 e. The Hall–Kier alpha value is -2.63. The maximum atomic E-state index is 11.6. The largest absolute Gasteiger partial charge is 0.478 e. The average Bonchev–Trinajstić information content (AvgIpc) is 2.96. The highest BCUT2D eigenvalue weighted by molar-refractivity contribution is 5.87. The van der Waals surface area contributed by atoms with Crippen LogP contribution >= 0.6 is 0 Å². The molecule has 0 aliphatic carbocycles. The molecule has 0 aromatic carbocycles. The number of aromatic nitrogens is 1. The number of pyridine rings is 1. The number of rotatable bonds is 6. The quantitative estimate of drug-likeness (QED) is 0.835. The SMILES string of the molecule is O=C(CCc1ccco1)NCc1cc(C(=O)O)ccn1. The van der Waals surface area contributed by atoms with E-state index in [0.717, 1.165) is 5.76 Å². The molecule has 1 amide bonds. The Morgan fingerprint density at radius 1 is 1.35 bits per heavy atom. The first-order valence-corrected chi connectivity index (χ1v) is 6.12. The van der Waals surface area contributed by atoms with Crippen LogP contribution in [-0.2, 0) is 17.8 Å². The van der Waals surface area contributed by atoms with E-state index in [0.29, 0.717) is 18.5 Å². The first kappa shape index (κ1) is 13.8. The summed E-state index contributed by atoms with van der Waals surface area (Å²) in [4.78, 5) is 26.4. The van der Waals surface area contributed by atoms with E-state index in [1.807, 2.05) is 6.07 Å². The fourth-order valence-corrected chi connectivity index (χ4v) is 1.68. The average molecular weight is 274 g/mol. The van der Waals surface area contributed by atoms with E-state index >= 15 is 0 Å². The molecule has 2 aromatic rings. The number of aromatic carboxylic acids is 1. The zero-order chi connectivity index (χ0) is 14.4. The van der Waals surface area contributed by atoms with Crippen molar-refractivity contribution < 1.29 is 19.1 Å². The van der Waals surface area contributed by atoms with Crippen LogP contribution < -0.4 is 5.32 Å². The monoisotopic (exact) mass is 274 g/mol. The van der Waals surface area contributed by atoms with Crippen molar-refractivity contribution in [2.24, 2.45) is 0 Å². The third-order valence-electron chi connectivity index (χ3n) is 2.71. The maximum absolute atomic E-state index is 11.6. The zero-order valence-electron chi connectivity index (χ0n) is 10.7. The van der Waals surface area contributed by atoms with Gasteiger partial charge in [-0.1, -0.05) is 0 Å². The molecule has 0 spiro atoms. The number of furan rings is 1. The van der Waals surface area contributed by atoms with E-state index in [1.165, 1.54) is 18.3 Å². The first-order valence-electron chi connectivity index (χ1n) is 6.12. The lowest BCUT2D eigenvalue weighted by Gasteiger charge is -2.04. The molecular formula is C14H14N2O4. The standard InChI is InChI=1S/C14H14N2O4/c17-13(4-3-12-2-1-7-20-12)16-9-11-8-10(14(18)19)5-6-15-11/h1-2,5-8H,3-4,9H2,(H,16,17)(H,18,19). The number of nitrogens with one attached hydrogen (secondary N) is 1. The lowest BCUT2D eigenvalue weighted by atomic mass is 10.2. The molecule has 0 atom stereocenters. The van der Waals surface area contributed by atoms with Gasteiger partial charge < -0.3 is 14.8 Å². The molecule has 2 rings (SSSR count). The molecule has 2 heterocycles. The fourth-order valence-electron chi connectivity index (χ4n) is 1.68. The third-order valence-corrected chi connectivity index (χ3v) is 2.71. The number of amides is 1. The van der Waals surface area contributed by atoms with E-state index in [-0.39, 0.29) is 18.0 Å². The number of carbonyl (C=O) groups is 2. The Bertz CT molecular complexity index is 593. The van der Waals surface area contributed by atoms with Crippen LogP contribution in [0.25, 0.3) is 0 Å². The van der Waals surface area contributed by atoms with Crippen LogP contribution in [0, 0.1) is 0 Å². The van der Waals surface area contributed by atoms with Gasteiger partial charge in [0.15, 0.2) is 0 Å². The van der Waals surface area contributed by atoms with Gasteiger partial charge in [-0.3, -0.25) is 9.78 Å². The smallest absolute Gasteiger partial charge is 0.335 e. The van der Waals surface area contributed by atoms with E-state index in [1.54, 1.807) is 12.3 Å². The minimum atomic E-state index is -1.02. The molecule has 0 saturated heterocycles. The van der Waals surface area contributed by atoms with Gasteiger partial charge in [0, 0.05) is 19.0 Å². The summed E-state index contributed by atoms with van der Waals surface area (Å²) in [7, 11) is 0. The minimum Gasteiger partial charge on any atom is -0.478 e. The van der Waals surface area contributed by atoms with Crippen molar-refractivity contribution in [1.29, 1.82) is 0 Å². The van der Waals surface area contributed by atoms with Gasteiger partial charge in [-0.25, -0.2) is 4.79 Å². The lowest BCUT2D eigenvalue weighted by molar-refractivity contribution is -0.121. The molecule has 104 valence electrons. The highest BCUT2D eigenvalue weighted by Gasteiger charge is 2.07. The molecule has 0 bridgehead atoms. The van der Waals surface area contributed by atoms with E-state index in [9.17, 15) is 9.59 Å². The number of carbonyl (C=O) groups excluding carboxylic acids is 1. The highest BCUT2D eigenvalue weighted by atomic mass is 16.4. The summed E-state index contributed by atoms with van der Waals surface area (Å²) < 4.78 is 5.13. The molecule has 0 aliphatic heterocycles. The Morgan fingerprint density at radius 2 is 2.20 bits per heavy atom. The molecule has 0 fully saturated rings. The van der Waals surface area contributed by atoms with Crippen LogP contribution in [0.3, 0.4) is 0 Å². The zero-order valence-corrected chi connectivity index (χ0v) is 10.7. The fraction of sp³-hybridized carbons (Fsp3) is 0.214. The molecular weight excluding hydrogens is 260 g/mol. The molecule has 0 unspecified atom stereocenters. The van der Waals surface area contributed by atoms with E-state index < -0.39 is 5.97 Å². The summed E-state index contributed by atoms with van der Waals surface area (Å²) >= 11 is 0. The van der Waals surface area contributed by atoms with Crippen LogP contribution in [0.2, 0.25) is 0 Å². The van der Waals surface area contributed by atoms with Crippen molar-refractivity contribution in [1.82, 2.24) is 10.3 Å². The van der Waals surface area contributed by atoms with Crippen LogP contribution in [0.1, 0.15) is 28.2 Å². The molecule has 0 radical (unpaired) electrons. The summed E-state index contributed by atoms with van der Waals surface area (Å²) in [5, 5.41) is 11.5. The Morgan fingerprint density at radius 3 is 2.90 bits per heavy atom. The van der Waals surface area contributed by atoms with Crippen molar-refractivity contribution in [2.45, 2.75) is 19.4 Å². The number of hydrogen-bond acceptors (Lipinski definition) is 4. The van der Waals surface area contributed by atoms with Gasteiger partial charge in [0.2, 0.25) is 5.91 Å². The molecule has 6 heteroatoms. The van der Waals surface area contributed by atoms with Crippen molar-refractivity contribution in [3.05, 3.63) is 53.7 Å².